The number of nitrogens with one attached hydrogen (secondary N) is 1. The Morgan fingerprint density at radius 1 is 1.02 bits per heavy atom. The van der Waals surface area contributed by atoms with Crippen molar-refractivity contribution >= 4 is 27.2 Å². The molecule has 8 bridgehead atoms. The fourth-order valence-corrected chi connectivity index (χ4v) is 6.90. The van der Waals surface area contributed by atoms with E-state index >= 15 is 0 Å². The Morgan fingerprint density at radius 3 is 2.73 bits per heavy atom. The number of aliphatic hydroxyl groups excluding tert-OH is 1. The Labute approximate surface area is 235 Å². The quantitative estimate of drug-likeness (QED) is 0.479. The highest BCUT2D eigenvalue weighted by molar-refractivity contribution is 7.92. The molecule has 2 fully saturated rings. The van der Waals surface area contributed by atoms with Gasteiger partial charge in [-0.1, -0.05) is 0 Å². The van der Waals surface area contributed by atoms with Gasteiger partial charge in [-0.05, 0) is 74.8 Å². The van der Waals surface area contributed by atoms with Crippen LogP contribution in [0.25, 0.3) is 22.7 Å². The SMILES string of the molecule is O=S(=O)(CCO)Nc1ccc2c(c1)N1CCC(CC1)OCCCC1CCCN(C1)c1cc(ccn1)-c1nc-2co1. The van der Waals surface area contributed by atoms with Crippen molar-refractivity contribution in [2.45, 2.75) is 44.6 Å². The zero-order valence-electron chi connectivity index (χ0n) is 22.7. The number of piperidine rings is 2. The van der Waals surface area contributed by atoms with Crippen LogP contribution in [0.5, 0.6) is 0 Å². The molecule has 0 aliphatic carbocycles. The van der Waals surface area contributed by atoms with Crippen LogP contribution in [0.3, 0.4) is 0 Å². The number of aliphatic hydroxyl groups is 1. The second-order valence-corrected chi connectivity index (χ2v) is 12.8. The highest BCUT2D eigenvalue weighted by atomic mass is 32.2. The zero-order chi connectivity index (χ0) is 27.5. The van der Waals surface area contributed by atoms with Crippen molar-refractivity contribution in [1.29, 1.82) is 0 Å². The van der Waals surface area contributed by atoms with Gasteiger partial charge >= 0.3 is 0 Å². The number of sulfonamides is 1. The monoisotopic (exact) mass is 567 g/mol. The number of hydrogen-bond acceptors (Lipinski definition) is 9. The Balaban J connectivity index is 1.37. The molecule has 40 heavy (non-hydrogen) atoms. The number of rotatable bonds is 4. The molecule has 3 aromatic rings. The van der Waals surface area contributed by atoms with Crippen molar-refractivity contribution in [3.8, 4) is 22.7 Å². The standard InChI is InChI=1S/C29H37N5O5S/c35-14-16-40(36,37)32-23-5-6-25-26-20-39-29(31-26)22-7-10-30-28(17-22)34-11-1-3-21(19-34)4-2-15-38-24-8-12-33(13-9-24)27(25)18-23/h5-7,10,17-18,20-21,24,32,35H,1-4,8-9,11-16,19H2. The van der Waals surface area contributed by atoms with Gasteiger partial charge in [0.1, 0.15) is 17.8 Å². The largest absolute Gasteiger partial charge is 0.444 e. The summed E-state index contributed by atoms with van der Waals surface area (Å²) in [5.41, 5.74) is 3.76. The number of pyridine rings is 1. The molecule has 7 rings (SSSR count). The molecule has 1 atom stereocenters. The van der Waals surface area contributed by atoms with E-state index in [9.17, 15) is 8.42 Å². The number of fused-ring (bicyclic) bond motifs is 5. The van der Waals surface area contributed by atoms with Crippen molar-refractivity contribution in [1.82, 2.24) is 9.97 Å². The van der Waals surface area contributed by atoms with E-state index in [0.717, 1.165) is 87.5 Å². The molecule has 2 N–H and O–H groups in total. The molecule has 2 aromatic heterocycles. The van der Waals surface area contributed by atoms with Gasteiger partial charge in [-0.2, -0.15) is 0 Å². The molecule has 1 unspecified atom stereocenters. The summed E-state index contributed by atoms with van der Waals surface area (Å²) in [7, 11) is -3.65. The summed E-state index contributed by atoms with van der Waals surface area (Å²) in [6.45, 7) is 3.93. The van der Waals surface area contributed by atoms with E-state index in [1.165, 1.54) is 6.42 Å². The maximum absolute atomic E-state index is 12.4. The number of anilines is 3. The number of aromatic nitrogens is 2. The highest BCUT2D eigenvalue weighted by Gasteiger charge is 2.26. The second kappa shape index (κ2) is 11.8. The summed E-state index contributed by atoms with van der Waals surface area (Å²) in [6.07, 6.45) is 10.1. The first-order valence-corrected chi connectivity index (χ1v) is 15.9. The number of oxazole rings is 1. The summed E-state index contributed by atoms with van der Waals surface area (Å²) in [5.74, 6) is 1.75. The Morgan fingerprint density at radius 2 is 1.88 bits per heavy atom. The molecule has 0 amide bonds. The Hall–Kier alpha value is -3.15. The molecular weight excluding hydrogens is 530 g/mol. The molecule has 4 aliphatic heterocycles. The van der Waals surface area contributed by atoms with E-state index in [2.05, 4.69) is 25.6 Å². The average molecular weight is 568 g/mol. The molecule has 0 saturated carbocycles. The van der Waals surface area contributed by atoms with E-state index in [1.807, 2.05) is 24.4 Å². The Bertz CT molecular complexity index is 1420. The fourth-order valence-electron chi connectivity index (χ4n) is 6.07. The van der Waals surface area contributed by atoms with Crippen LogP contribution >= 0.6 is 0 Å². The van der Waals surface area contributed by atoms with Crippen LogP contribution in [0.4, 0.5) is 17.2 Å². The van der Waals surface area contributed by atoms with Crippen molar-refractivity contribution < 1.29 is 22.7 Å². The molecule has 10 nitrogen and oxygen atoms in total. The third-order valence-electron chi connectivity index (χ3n) is 8.14. The molecule has 11 heteroatoms. The summed E-state index contributed by atoms with van der Waals surface area (Å²) >= 11 is 0. The third-order valence-corrected chi connectivity index (χ3v) is 9.41. The highest BCUT2D eigenvalue weighted by Crippen LogP contribution is 2.37. The molecule has 2 saturated heterocycles. The van der Waals surface area contributed by atoms with Crippen LogP contribution in [0.1, 0.15) is 38.5 Å². The molecule has 0 spiro atoms. The van der Waals surface area contributed by atoms with Gasteiger partial charge in [0.15, 0.2) is 0 Å². The Kier molecular flexibility index (Phi) is 7.95. The first-order chi connectivity index (χ1) is 19.5. The first kappa shape index (κ1) is 27.0. The minimum Gasteiger partial charge on any atom is -0.444 e. The number of nitrogens with zero attached hydrogens (tertiary/aromatic N) is 4. The minimum atomic E-state index is -3.65. The molecule has 0 radical (unpaired) electrons. The lowest BCUT2D eigenvalue weighted by Gasteiger charge is -2.35. The van der Waals surface area contributed by atoms with Crippen molar-refractivity contribution in [3.63, 3.8) is 0 Å². The number of ether oxygens (including phenoxy) is 1. The van der Waals surface area contributed by atoms with Gasteiger partial charge in [0.2, 0.25) is 15.9 Å². The van der Waals surface area contributed by atoms with Gasteiger partial charge in [-0.25, -0.2) is 18.4 Å². The third kappa shape index (κ3) is 6.11. The van der Waals surface area contributed by atoms with Crippen molar-refractivity contribution in [2.24, 2.45) is 5.92 Å². The van der Waals surface area contributed by atoms with Gasteiger partial charge in [0.05, 0.1) is 24.2 Å². The van der Waals surface area contributed by atoms with E-state index in [0.29, 0.717) is 23.2 Å². The van der Waals surface area contributed by atoms with Crippen molar-refractivity contribution in [2.75, 3.05) is 59.7 Å². The summed E-state index contributed by atoms with van der Waals surface area (Å²) in [6, 6.07) is 9.43. The fraction of sp³-hybridized carbons (Fsp3) is 0.517. The molecular formula is C29H37N5O5S. The van der Waals surface area contributed by atoms with Crippen molar-refractivity contribution in [3.05, 3.63) is 42.8 Å². The van der Waals surface area contributed by atoms with Gasteiger partial charge in [0.25, 0.3) is 0 Å². The molecule has 1 aromatic carbocycles. The maximum atomic E-state index is 12.4. The second-order valence-electron chi connectivity index (χ2n) is 11.0. The number of hydrogen-bond donors (Lipinski definition) is 2. The minimum absolute atomic E-state index is 0.222. The number of benzene rings is 1. The van der Waals surface area contributed by atoms with Gasteiger partial charge < -0.3 is 24.1 Å². The van der Waals surface area contributed by atoms with Crippen LogP contribution in [-0.2, 0) is 14.8 Å². The smallest absolute Gasteiger partial charge is 0.234 e. The van der Waals surface area contributed by atoms with Gasteiger partial charge in [-0.15, -0.1) is 0 Å². The van der Waals surface area contributed by atoms with E-state index < -0.39 is 16.6 Å². The van der Waals surface area contributed by atoms with E-state index in [1.54, 1.807) is 12.3 Å². The lowest BCUT2D eigenvalue weighted by Crippen LogP contribution is -2.37. The van der Waals surface area contributed by atoms with E-state index in [-0.39, 0.29) is 11.9 Å². The molecule has 214 valence electrons. The average Bonchev–Trinajstić information content (AvgIpc) is 3.46. The lowest BCUT2D eigenvalue weighted by atomic mass is 9.93. The van der Waals surface area contributed by atoms with Crippen LogP contribution in [0, 0.1) is 5.92 Å². The predicted octanol–water partition coefficient (Wildman–Crippen LogP) is 4.13. The summed E-state index contributed by atoms with van der Waals surface area (Å²) in [5, 5.41) is 9.15. The lowest BCUT2D eigenvalue weighted by molar-refractivity contribution is 0.0330. The normalized spacial score (nSPS) is 21.7. The van der Waals surface area contributed by atoms with Crippen LogP contribution in [0.15, 0.2) is 47.2 Å². The maximum Gasteiger partial charge on any atom is 0.234 e. The predicted molar refractivity (Wildman–Crippen MR) is 155 cm³/mol. The first-order valence-electron chi connectivity index (χ1n) is 14.3. The summed E-state index contributed by atoms with van der Waals surface area (Å²) < 4.78 is 39.6. The van der Waals surface area contributed by atoms with Crippen LogP contribution in [0.2, 0.25) is 0 Å². The van der Waals surface area contributed by atoms with Crippen LogP contribution < -0.4 is 14.5 Å². The van der Waals surface area contributed by atoms with E-state index in [4.69, 9.17) is 19.2 Å². The van der Waals surface area contributed by atoms with Crippen LogP contribution in [-0.4, -0.2) is 74.7 Å². The summed E-state index contributed by atoms with van der Waals surface area (Å²) in [4.78, 5) is 14.2. The zero-order valence-corrected chi connectivity index (χ0v) is 23.5. The molecule has 6 heterocycles. The van der Waals surface area contributed by atoms with Gasteiger partial charge in [0, 0.05) is 55.8 Å². The van der Waals surface area contributed by atoms with Gasteiger partial charge in [-0.3, -0.25) is 4.72 Å². The molecule has 4 aliphatic rings. The topological polar surface area (TPSA) is 121 Å².